The van der Waals surface area contributed by atoms with Crippen LogP contribution in [0.1, 0.15) is 30.6 Å². The van der Waals surface area contributed by atoms with Gasteiger partial charge in [0.1, 0.15) is 0 Å². The van der Waals surface area contributed by atoms with Gasteiger partial charge in [-0.05, 0) is 44.0 Å². The van der Waals surface area contributed by atoms with E-state index in [0.29, 0.717) is 12.0 Å². The molecule has 0 radical (unpaired) electrons. The SMILES string of the molecule is CC1CCNC(C)C1NC(=O)c1cccc(N(C)C)c1.Cl. The first kappa shape index (κ1) is 17.8. The third-order valence-electron chi connectivity index (χ3n) is 4.14. The molecule has 0 spiro atoms. The van der Waals surface area contributed by atoms with Gasteiger partial charge in [-0.25, -0.2) is 0 Å². The van der Waals surface area contributed by atoms with Crippen LogP contribution in [0, 0.1) is 5.92 Å². The summed E-state index contributed by atoms with van der Waals surface area (Å²) in [5, 5.41) is 6.61. The van der Waals surface area contributed by atoms with Crippen LogP contribution in [0.25, 0.3) is 0 Å². The summed E-state index contributed by atoms with van der Waals surface area (Å²) in [6.45, 7) is 5.38. The second-order valence-corrected chi connectivity index (χ2v) is 5.95. The Morgan fingerprint density at radius 2 is 2.05 bits per heavy atom. The number of halogens is 1. The normalized spacial score (nSPS) is 24.9. The summed E-state index contributed by atoms with van der Waals surface area (Å²) in [7, 11) is 3.96. The fourth-order valence-corrected chi connectivity index (χ4v) is 2.77. The molecule has 2 N–H and O–H groups in total. The van der Waals surface area contributed by atoms with E-state index in [-0.39, 0.29) is 24.4 Å². The number of nitrogens with one attached hydrogen (secondary N) is 2. The molecule has 118 valence electrons. The van der Waals surface area contributed by atoms with Crippen LogP contribution in [-0.2, 0) is 0 Å². The van der Waals surface area contributed by atoms with Crippen molar-refractivity contribution in [1.29, 1.82) is 0 Å². The maximum Gasteiger partial charge on any atom is 0.251 e. The van der Waals surface area contributed by atoms with Crippen molar-refractivity contribution in [3.8, 4) is 0 Å². The Labute approximate surface area is 133 Å². The molecule has 5 heteroatoms. The molecular weight excluding hydrogens is 286 g/mol. The second-order valence-electron chi connectivity index (χ2n) is 5.95. The minimum atomic E-state index is 0. The average Bonchev–Trinajstić information content (AvgIpc) is 2.43. The van der Waals surface area contributed by atoms with Crippen molar-refractivity contribution in [2.24, 2.45) is 5.92 Å². The Hall–Kier alpha value is -1.26. The fourth-order valence-electron chi connectivity index (χ4n) is 2.77. The topological polar surface area (TPSA) is 44.4 Å². The summed E-state index contributed by atoms with van der Waals surface area (Å²) < 4.78 is 0. The molecule has 4 nitrogen and oxygen atoms in total. The molecule has 1 amide bonds. The van der Waals surface area contributed by atoms with Gasteiger partial charge in [0.15, 0.2) is 0 Å². The zero-order valence-corrected chi connectivity index (χ0v) is 14.0. The van der Waals surface area contributed by atoms with Gasteiger partial charge in [-0.15, -0.1) is 12.4 Å². The Kier molecular flexibility index (Phi) is 6.49. The maximum absolute atomic E-state index is 12.4. The quantitative estimate of drug-likeness (QED) is 0.900. The van der Waals surface area contributed by atoms with E-state index in [4.69, 9.17) is 0 Å². The zero-order chi connectivity index (χ0) is 14.7. The number of benzene rings is 1. The van der Waals surface area contributed by atoms with Crippen LogP contribution in [-0.4, -0.2) is 38.6 Å². The lowest BCUT2D eigenvalue weighted by Gasteiger charge is -2.36. The van der Waals surface area contributed by atoms with Crippen LogP contribution in [0.5, 0.6) is 0 Å². The van der Waals surface area contributed by atoms with Crippen molar-refractivity contribution in [1.82, 2.24) is 10.6 Å². The third kappa shape index (κ3) is 4.35. The number of nitrogens with zero attached hydrogens (tertiary/aromatic N) is 1. The van der Waals surface area contributed by atoms with Crippen LogP contribution >= 0.6 is 12.4 Å². The van der Waals surface area contributed by atoms with Crippen molar-refractivity contribution in [2.45, 2.75) is 32.4 Å². The molecular formula is C16H26ClN3O. The lowest BCUT2D eigenvalue weighted by atomic mass is 9.89. The molecule has 0 aromatic heterocycles. The van der Waals surface area contributed by atoms with E-state index in [1.54, 1.807) is 0 Å². The van der Waals surface area contributed by atoms with Crippen molar-refractivity contribution in [3.05, 3.63) is 29.8 Å². The molecule has 21 heavy (non-hydrogen) atoms. The first-order valence-corrected chi connectivity index (χ1v) is 7.30. The maximum atomic E-state index is 12.4. The minimum Gasteiger partial charge on any atom is -0.378 e. The summed E-state index contributed by atoms with van der Waals surface area (Å²) in [6.07, 6.45) is 1.10. The highest BCUT2D eigenvalue weighted by Crippen LogP contribution is 2.18. The summed E-state index contributed by atoms with van der Waals surface area (Å²) in [4.78, 5) is 14.4. The summed E-state index contributed by atoms with van der Waals surface area (Å²) >= 11 is 0. The highest BCUT2D eigenvalue weighted by Gasteiger charge is 2.28. The number of amides is 1. The Morgan fingerprint density at radius 3 is 2.67 bits per heavy atom. The van der Waals surface area contributed by atoms with Gasteiger partial charge in [0.2, 0.25) is 0 Å². The van der Waals surface area contributed by atoms with Crippen molar-refractivity contribution in [3.63, 3.8) is 0 Å². The Bertz CT molecular complexity index is 468. The van der Waals surface area contributed by atoms with Crippen LogP contribution in [0.4, 0.5) is 5.69 Å². The summed E-state index contributed by atoms with van der Waals surface area (Å²) in [6, 6.07) is 8.24. The van der Waals surface area contributed by atoms with Crippen LogP contribution in [0.3, 0.4) is 0 Å². The highest BCUT2D eigenvalue weighted by molar-refractivity contribution is 5.95. The van der Waals surface area contributed by atoms with Crippen LogP contribution in [0.2, 0.25) is 0 Å². The molecule has 1 aliphatic rings. The Morgan fingerprint density at radius 1 is 1.33 bits per heavy atom. The van der Waals surface area contributed by atoms with E-state index < -0.39 is 0 Å². The zero-order valence-electron chi connectivity index (χ0n) is 13.2. The predicted molar refractivity (Wildman–Crippen MR) is 90.5 cm³/mol. The lowest BCUT2D eigenvalue weighted by molar-refractivity contribution is 0.0897. The Balaban J connectivity index is 0.00000220. The molecule has 0 saturated carbocycles. The molecule has 3 unspecified atom stereocenters. The van der Waals surface area contributed by atoms with Gasteiger partial charge >= 0.3 is 0 Å². The molecule has 1 heterocycles. The second kappa shape index (κ2) is 7.66. The molecule has 3 atom stereocenters. The number of rotatable bonds is 3. The predicted octanol–water partition coefficient (Wildman–Crippen LogP) is 2.29. The van der Waals surface area contributed by atoms with E-state index in [1.165, 1.54) is 0 Å². The number of piperidine rings is 1. The molecule has 0 bridgehead atoms. The smallest absolute Gasteiger partial charge is 0.251 e. The van der Waals surface area contributed by atoms with Crippen molar-refractivity contribution >= 4 is 24.0 Å². The third-order valence-corrected chi connectivity index (χ3v) is 4.14. The van der Waals surface area contributed by atoms with Crippen molar-refractivity contribution in [2.75, 3.05) is 25.5 Å². The molecule has 2 rings (SSSR count). The van der Waals surface area contributed by atoms with Crippen LogP contribution in [0.15, 0.2) is 24.3 Å². The minimum absolute atomic E-state index is 0. The average molecular weight is 312 g/mol. The molecule has 1 saturated heterocycles. The van der Waals surface area contributed by atoms with Crippen LogP contribution < -0.4 is 15.5 Å². The highest BCUT2D eigenvalue weighted by atomic mass is 35.5. The van der Waals surface area contributed by atoms with E-state index in [1.807, 2.05) is 43.3 Å². The summed E-state index contributed by atoms with van der Waals surface area (Å²) in [5.74, 6) is 0.522. The standard InChI is InChI=1S/C16H25N3O.ClH/c1-11-8-9-17-12(2)15(11)18-16(20)13-6-5-7-14(10-13)19(3)4;/h5-7,10-12,15,17H,8-9H2,1-4H3,(H,18,20);1H. The first-order valence-electron chi connectivity index (χ1n) is 7.30. The van der Waals surface area contributed by atoms with Crippen molar-refractivity contribution < 1.29 is 4.79 Å². The van der Waals surface area contributed by atoms with Gasteiger partial charge in [0, 0.05) is 37.4 Å². The number of carbonyl (C=O) groups excluding carboxylic acids is 1. The van der Waals surface area contributed by atoms with Gasteiger partial charge < -0.3 is 15.5 Å². The van der Waals surface area contributed by atoms with Gasteiger partial charge in [0.05, 0.1) is 0 Å². The number of hydrogen-bond acceptors (Lipinski definition) is 3. The van der Waals surface area contributed by atoms with E-state index in [9.17, 15) is 4.79 Å². The largest absolute Gasteiger partial charge is 0.378 e. The van der Waals surface area contributed by atoms with E-state index in [0.717, 1.165) is 24.2 Å². The summed E-state index contributed by atoms with van der Waals surface area (Å²) in [5.41, 5.74) is 1.77. The monoisotopic (exact) mass is 311 g/mol. The molecule has 1 aliphatic heterocycles. The molecule has 1 fully saturated rings. The number of anilines is 1. The molecule has 0 aliphatic carbocycles. The van der Waals surface area contributed by atoms with Gasteiger partial charge in [-0.2, -0.15) is 0 Å². The van der Waals surface area contributed by atoms with E-state index in [2.05, 4.69) is 24.5 Å². The van der Waals surface area contributed by atoms with Gasteiger partial charge in [-0.1, -0.05) is 13.0 Å². The van der Waals surface area contributed by atoms with Gasteiger partial charge in [0.25, 0.3) is 5.91 Å². The number of hydrogen-bond donors (Lipinski definition) is 2. The fraction of sp³-hybridized carbons (Fsp3) is 0.562. The molecule has 1 aromatic carbocycles. The lowest BCUT2D eigenvalue weighted by Crippen LogP contribution is -2.55. The van der Waals surface area contributed by atoms with E-state index >= 15 is 0 Å². The van der Waals surface area contributed by atoms with Gasteiger partial charge in [-0.3, -0.25) is 4.79 Å². The molecule has 1 aromatic rings. The first-order chi connectivity index (χ1) is 9.49. The number of carbonyl (C=O) groups is 1.